The highest BCUT2D eigenvalue weighted by atomic mass is 16.6. The molecule has 6 nitrogen and oxygen atoms in total. The largest absolute Gasteiger partial charge is 0.462 e. The van der Waals surface area contributed by atoms with Gasteiger partial charge in [0.05, 0.1) is 0 Å². The highest BCUT2D eigenvalue weighted by Gasteiger charge is 2.19. The molecule has 0 saturated carbocycles. The Morgan fingerprint density at radius 2 is 0.600 bits per heavy atom. The molecule has 0 spiro atoms. The topological polar surface area (TPSA) is 78.9 Å². The van der Waals surface area contributed by atoms with Gasteiger partial charge in [0.1, 0.15) is 13.2 Å². The van der Waals surface area contributed by atoms with Gasteiger partial charge in [-0.2, -0.15) is 0 Å². The van der Waals surface area contributed by atoms with Crippen molar-refractivity contribution in [2.24, 2.45) is 0 Å². The first-order valence-corrected chi connectivity index (χ1v) is 27.8. The van der Waals surface area contributed by atoms with E-state index in [-0.39, 0.29) is 31.1 Å². The van der Waals surface area contributed by atoms with Crippen LogP contribution in [0.25, 0.3) is 0 Å². The molecule has 0 aliphatic carbocycles. The van der Waals surface area contributed by atoms with Gasteiger partial charge < -0.3 is 14.2 Å². The second-order valence-electron chi connectivity index (χ2n) is 18.5. The lowest BCUT2D eigenvalue weighted by atomic mass is 10.1. The average Bonchev–Trinajstić information content (AvgIpc) is 3.30. The number of unbranched alkanes of at least 4 members (excludes halogenated alkanes) is 29. The molecule has 0 saturated heterocycles. The molecule has 0 radical (unpaired) electrons. The van der Waals surface area contributed by atoms with Crippen molar-refractivity contribution < 1.29 is 28.6 Å². The number of esters is 3. The number of allylic oxidation sites excluding steroid dienone is 10. The lowest BCUT2D eigenvalue weighted by Crippen LogP contribution is -2.30. The van der Waals surface area contributed by atoms with E-state index in [1.54, 1.807) is 0 Å². The Bertz CT molecular complexity index is 1180. The maximum absolute atomic E-state index is 12.8. The van der Waals surface area contributed by atoms with Crippen molar-refractivity contribution in [3.05, 3.63) is 60.8 Å². The fraction of sp³-hybridized carbons (Fsp3) is 0.780. The first kappa shape index (κ1) is 62.1. The number of hydrogen-bond acceptors (Lipinski definition) is 6. The van der Waals surface area contributed by atoms with Gasteiger partial charge in [0.25, 0.3) is 0 Å². The van der Waals surface area contributed by atoms with Gasteiger partial charge in [-0.05, 0) is 83.5 Å². The maximum atomic E-state index is 12.8. The van der Waals surface area contributed by atoms with Crippen LogP contribution in [0.2, 0.25) is 0 Å². The molecule has 0 fully saturated rings. The van der Waals surface area contributed by atoms with Gasteiger partial charge in [-0.15, -0.1) is 0 Å². The Balaban J connectivity index is 4.36. The van der Waals surface area contributed by atoms with Crippen molar-refractivity contribution in [3.63, 3.8) is 0 Å². The van der Waals surface area contributed by atoms with E-state index in [0.29, 0.717) is 19.3 Å². The van der Waals surface area contributed by atoms with Crippen molar-refractivity contribution in [1.82, 2.24) is 0 Å². The van der Waals surface area contributed by atoms with E-state index in [2.05, 4.69) is 81.5 Å². The van der Waals surface area contributed by atoms with E-state index < -0.39 is 6.10 Å². The van der Waals surface area contributed by atoms with Crippen molar-refractivity contribution >= 4 is 17.9 Å². The Labute approximate surface area is 402 Å². The maximum Gasteiger partial charge on any atom is 0.306 e. The molecular weight excluding hydrogens is 805 g/mol. The van der Waals surface area contributed by atoms with Gasteiger partial charge in [-0.3, -0.25) is 14.4 Å². The van der Waals surface area contributed by atoms with Crippen LogP contribution in [-0.2, 0) is 28.6 Å². The molecule has 376 valence electrons. The van der Waals surface area contributed by atoms with Crippen LogP contribution in [0.1, 0.15) is 278 Å². The normalized spacial score (nSPS) is 12.5. The number of hydrogen-bond donors (Lipinski definition) is 0. The molecule has 0 aliphatic heterocycles. The molecule has 0 unspecified atom stereocenters. The van der Waals surface area contributed by atoms with Crippen LogP contribution in [-0.4, -0.2) is 37.2 Å². The molecule has 0 aromatic heterocycles. The predicted molar refractivity (Wildman–Crippen MR) is 279 cm³/mol. The summed E-state index contributed by atoms with van der Waals surface area (Å²) in [7, 11) is 0. The summed E-state index contributed by atoms with van der Waals surface area (Å²) in [4.78, 5) is 38.0. The zero-order chi connectivity index (χ0) is 47.2. The Kier molecular flexibility index (Phi) is 51.3. The lowest BCUT2D eigenvalue weighted by molar-refractivity contribution is -0.167. The molecule has 65 heavy (non-hydrogen) atoms. The Hall–Kier alpha value is -2.89. The summed E-state index contributed by atoms with van der Waals surface area (Å²) < 4.78 is 16.8. The van der Waals surface area contributed by atoms with Crippen molar-refractivity contribution in [1.29, 1.82) is 0 Å². The van der Waals surface area contributed by atoms with Crippen LogP contribution in [0.3, 0.4) is 0 Å². The molecule has 0 aromatic rings. The molecule has 0 aliphatic rings. The molecule has 0 amide bonds. The van der Waals surface area contributed by atoms with E-state index in [1.807, 2.05) is 0 Å². The van der Waals surface area contributed by atoms with Crippen molar-refractivity contribution in [2.45, 2.75) is 284 Å². The minimum absolute atomic E-state index is 0.0826. The monoisotopic (exact) mass is 909 g/mol. The number of carbonyl (C=O) groups is 3. The summed E-state index contributed by atoms with van der Waals surface area (Å²) in [6, 6.07) is 0. The van der Waals surface area contributed by atoms with Gasteiger partial charge in [0.2, 0.25) is 0 Å². The van der Waals surface area contributed by atoms with E-state index in [9.17, 15) is 14.4 Å². The number of carbonyl (C=O) groups excluding carboxylic acids is 3. The molecule has 0 bridgehead atoms. The summed E-state index contributed by atoms with van der Waals surface area (Å²) in [5.74, 6) is -0.900. The second kappa shape index (κ2) is 53.7. The average molecular weight is 909 g/mol. The zero-order valence-electron chi connectivity index (χ0n) is 43.0. The third-order valence-electron chi connectivity index (χ3n) is 12.0. The summed E-state index contributed by atoms with van der Waals surface area (Å²) in [5.41, 5.74) is 0. The fourth-order valence-corrected chi connectivity index (χ4v) is 7.84. The number of rotatable bonds is 50. The highest BCUT2D eigenvalue weighted by Crippen LogP contribution is 2.15. The second-order valence-corrected chi connectivity index (χ2v) is 18.5. The Morgan fingerprint density at radius 1 is 0.323 bits per heavy atom. The summed E-state index contributed by atoms with van der Waals surface area (Å²) in [6.07, 6.45) is 66.4. The molecule has 1 atom stereocenters. The Morgan fingerprint density at radius 3 is 0.954 bits per heavy atom. The van der Waals surface area contributed by atoms with Gasteiger partial charge in [-0.25, -0.2) is 0 Å². The zero-order valence-corrected chi connectivity index (χ0v) is 43.0. The molecule has 6 heteroatoms. The van der Waals surface area contributed by atoms with Crippen LogP contribution < -0.4 is 0 Å². The standard InChI is InChI=1S/C59H104O6/c1-4-7-10-13-16-19-22-24-26-28-29-31-32-34-37-40-43-46-49-52-58(61)64-55-56(54-63-57(60)51-48-45-42-39-36-21-18-15-12-9-6-3)65-59(62)53-50-47-44-41-38-35-33-30-27-25-23-20-17-14-11-8-5-2/h8,11,17,20,24-27,33,35,56H,4-7,9-10,12-16,18-19,21-23,28-32,34,36-55H2,1-3H3/b11-8-,20-17-,26-24-,27-25-,35-33-/t56-/m0/s1. The molecule has 0 rings (SSSR count). The fourth-order valence-electron chi connectivity index (χ4n) is 7.84. The predicted octanol–water partition coefficient (Wildman–Crippen LogP) is 18.4. The summed E-state index contributed by atoms with van der Waals surface area (Å²) >= 11 is 0. The first-order chi connectivity index (χ1) is 32.0. The summed E-state index contributed by atoms with van der Waals surface area (Å²) in [6.45, 7) is 6.51. The molecular formula is C59H104O6. The van der Waals surface area contributed by atoms with Crippen molar-refractivity contribution in [3.8, 4) is 0 Å². The minimum Gasteiger partial charge on any atom is -0.462 e. The smallest absolute Gasteiger partial charge is 0.306 e. The van der Waals surface area contributed by atoms with Crippen LogP contribution in [0.4, 0.5) is 0 Å². The quantitative estimate of drug-likeness (QED) is 0.0262. The summed E-state index contributed by atoms with van der Waals surface area (Å²) in [5, 5.41) is 0. The molecule has 0 aromatic carbocycles. The van der Waals surface area contributed by atoms with Gasteiger partial charge in [-0.1, -0.05) is 236 Å². The SMILES string of the molecule is CC/C=C\C/C=C\C/C=C\C/C=C\CCCCCCC(=O)O[C@H](COC(=O)CCCCCCCCCCC/C=C\CCCCCCCC)COC(=O)CCCCCCCCCCCCC. The van der Waals surface area contributed by atoms with E-state index >= 15 is 0 Å². The van der Waals surface area contributed by atoms with Gasteiger partial charge in [0, 0.05) is 19.3 Å². The van der Waals surface area contributed by atoms with Crippen LogP contribution in [0, 0.1) is 0 Å². The third-order valence-corrected chi connectivity index (χ3v) is 12.0. The lowest BCUT2D eigenvalue weighted by Gasteiger charge is -2.18. The van der Waals surface area contributed by atoms with Crippen LogP contribution >= 0.6 is 0 Å². The molecule has 0 N–H and O–H groups in total. The van der Waals surface area contributed by atoms with Gasteiger partial charge in [0.15, 0.2) is 6.10 Å². The first-order valence-electron chi connectivity index (χ1n) is 27.8. The number of ether oxygens (including phenoxy) is 3. The third kappa shape index (κ3) is 51.9. The van der Waals surface area contributed by atoms with Crippen LogP contribution in [0.5, 0.6) is 0 Å². The highest BCUT2D eigenvalue weighted by molar-refractivity contribution is 5.71. The minimum atomic E-state index is -0.785. The van der Waals surface area contributed by atoms with Gasteiger partial charge >= 0.3 is 17.9 Å². The van der Waals surface area contributed by atoms with Crippen molar-refractivity contribution in [2.75, 3.05) is 13.2 Å². The van der Waals surface area contributed by atoms with E-state index in [0.717, 1.165) is 96.3 Å². The van der Waals surface area contributed by atoms with Crippen LogP contribution in [0.15, 0.2) is 60.8 Å². The molecule has 0 heterocycles. The van der Waals surface area contributed by atoms with E-state index in [1.165, 1.54) is 141 Å². The van der Waals surface area contributed by atoms with E-state index in [4.69, 9.17) is 14.2 Å².